The smallest absolute Gasteiger partial charge is 0.253 e. The number of aromatic nitrogens is 2. The SMILES string of the molecule is O=C(c1cccc(Nc2ncc(Cl)c(NCc3cccc(F)c3)n2)c1)N1CCCNCC1. The van der Waals surface area contributed by atoms with Crippen molar-refractivity contribution in [3.8, 4) is 0 Å². The first-order valence-corrected chi connectivity index (χ1v) is 10.8. The molecule has 32 heavy (non-hydrogen) atoms. The Morgan fingerprint density at radius 2 is 2.03 bits per heavy atom. The molecule has 0 saturated carbocycles. The highest BCUT2D eigenvalue weighted by Gasteiger charge is 2.17. The molecular formula is C23H24ClFN6O. The molecule has 1 aliphatic rings. The van der Waals surface area contributed by atoms with Crippen LogP contribution in [0.2, 0.25) is 5.02 Å². The number of amides is 1. The van der Waals surface area contributed by atoms with Crippen LogP contribution in [0, 0.1) is 5.82 Å². The molecule has 1 saturated heterocycles. The van der Waals surface area contributed by atoms with Crippen LogP contribution in [0.1, 0.15) is 22.3 Å². The lowest BCUT2D eigenvalue weighted by Crippen LogP contribution is -2.34. The van der Waals surface area contributed by atoms with Gasteiger partial charge in [0.2, 0.25) is 5.95 Å². The number of halogens is 2. The van der Waals surface area contributed by atoms with Crippen molar-refractivity contribution in [3.63, 3.8) is 0 Å². The zero-order chi connectivity index (χ0) is 22.3. The average molecular weight is 455 g/mol. The summed E-state index contributed by atoms with van der Waals surface area (Å²) in [6.45, 7) is 3.52. The monoisotopic (exact) mass is 454 g/mol. The number of rotatable bonds is 6. The first-order chi connectivity index (χ1) is 15.6. The molecule has 1 aliphatic heterocycles. The van der Waals surface area contributed by atoms with E-state index < -0.39 is 0 Å². The standard InChI is InChI=1S/C23H24ClFN6O/c24-20-15-28-23(30-21(20)27-14-16-4-1-6-18(25)12-16)29-19-7-2-5-17(13-19)22(32)31-10-3-8-26-9-11-31/h1-2,4-7,12-13,15,26H,3,8-11,14H2,(H2,27,28,29,30). The maximum Gasteiger partial charge on any atom is 0.253 e. The molecule has 0 aliphatic carbocycles. The summed E-state index contributed by atoms with van der Waals surface area (Å²) in [5.74, 6) is 0.468. The Hall–Kier alpha value is -3.23. The number of hydrogen-bond donors (Lipinski definition) is 3. The first kappa shape index (κ1) is 22.0. The van der Waals surface area contributed by atoms with Crippen molar-refractivity contribution in [2.75, 3.05) is 36.8 Å². The van der Waals surface area contributed by atoms with Gasteiger partial charge in [-0.3, -0.25) is 4.79 Å². The number of nitrogens with one attached hydrogen (secondary N) is 3. The Kier molecular flexibility index (Phi) is 7.14. The average Bonchev–Trinajstić information content (AvgIpc) is 3.09. The minimum atomic E-state index is -0.300. The van der Waals surface area contributed by atoms with Gasteiger partial charge in [0.25, 0.3) is 5.91 Å². The molecule has 9 heteroatoms. The van der Waals surface area contributed by atoms with Gasteiger partial charge in [0.05, 0.1) is 6.20 Å². The molecule has 0 unspecified atom stereocenters. The van der Waals surface area contributed by atoms with Crippen LogP contribution in [0.4, 0.5) is 21.8 Å². The van der Waals surface area contributed by atoms with Gasteiger partial charge in [0, 0.05) is 37.4 Å². The van der Waals surface area contributed by atoms with Gasteiger partial charge in [0.15, 0.2) is 5.82 Å². The van der Waals surface area contributed by atoms with E-state index in [0.717, 1.165) is 31.6 Å². The molecule has 3 aromatic rings. The third kappa shape index (κ3) is 5.72. The van der Waals surface area contributed by atoms with E-state index in [-0.39, 0.29) is 11.7 Å². The molecule has 166 valence electrons. The fraction of sp³-hybridized carbons (Fsp3) is 0.261. The van der Waals surface area contributed by atoms with Crippen molar-refractivity contribution in [2.24, 2.45) is 0 Å². The molecule has 4 rings (SSSR count). The maximum absolute atomic E-state index is 13.4. The Bertz CT molecular complexity index is 1090. The molecule has 3 N–H and O–H groups in total. The quantitative estimate of drug-likeness (QED) is 0.521. The molecule has 1 amide bonds. The van der Waals surface area contributed by atoms with Crippen LogP contribution >= 0.6 is 11.6 Å². The number of anilines is 3. The van der Waals surface area contributed by atoms with Crippen LogP contribution in [0.25, 0.3) is 0 Å². The Labute approximate surface area is 191 Å². The van der Waals surface area contributed by atoms with Crippen molar-refractivity contribution in [2.45, 2.75) is 13.0 Å². The van der Waals surface area contributed by atoms with Crippen molar-refractivity contribution >= 4 is 35.0 Å². The Balaban J connectivity index is 1.45. The molecular weight excluding hydrogens is 431 g/mol. The van der Waals surface area contributed by atoms with Crippen molar-refractivity contribution in [3.05, 3.63) is 76.7 Å². The van der Waals surface area contributed by atoms with E-state index >= 15 is 0 Å². The van der Waals surface area contributed by atoms with E-state index in [0.29, 0.717) is 41.1 Å². The predicted octanol–water partition coefficient (Wildman–Crippen LogP) is 4.06. The number of nitrogens with zero attached hydrogens (tertiary/aromatic N) is 3. The predicted molar refractivity (Wildman–Crippen MR) is 124 cm³/mol. The van der Waals surface area contributed by atoms with Gasteiger partial charge in [-0.05, 0) is 48.9 Å². The van der Waals surface area contributed by atoms with Gasteiger partial charge in [0.1, 0.15) is 10.8 Å². The molecule has 0 bridgehead atoms. The van der Waals surface area contributed by atoms with Crippen LogP contribution in [-0.2, 0) is 6.54 Å². The minimum absolute atomic E-state index is 0.00632. The van der Waals surface area contributed by atoms with E-state index in [2.05, 4.69) is 25.9 Å². The summed E-state index contributed by atoms with van der Waals surface area (Å²) in [7, 11) is 0. The van der Waals surface area contributed by atoms with Crippen molar-refractivity contribution < 1.29 is 9.18 Å². The zero-order valence-electron chi connectivity index (χ0n) is 17.4. The highest BCUT2D eigenvalue weighted by Crippen LogP contribution is 2.23. The van der Waals surface area contributed by atoms with Gasteiger partial charge in [-0.25, -0.2) is 9.37 Å². The van der Waals surface area contributed by atoms with Crippen LogP contribution < -0.4 is 16.0 Å². The zero-order valence-corrected chi connectivity index (χ0v) is 18.2. The number of carbonyl (C=O) groups excluding carboxylic acids is 1. The normalized spacial score (nSPS) is 14.0. The summed E-state index contributed by atoms with van der Waals surface area (Å²) >= 11 is 6.22. The molecule has 2 heterocycles. The summed E-state index contributed by atoms with van der Waals surface area (Å²) in [6, 6.07) is 13.6. The van der Waals surface area contributed by atoms with Crippen LogP contribution in [-0.4, -0.2) is 47.0 Å². The minimum Gasteiger partial charge on any atom is -0.365 e. The lowest BCUT2D eigenvalue weighted by atomic mass is 10.1. The second-order valence-electron chi connectivity index (χ2n) is 7.48. The summed E-state index contributed by atoms with van der Waals surface area (Å²) in [6.07, 6.45) is 2.43. The first-order valence-electron chi connectivity index (χ1n) is 10.5. The fourth-order valence-corrected chi connectivity index (χ4v) is 3.63. The summed E-state index contributed by atoms with van der Waals surface area (Å²) in [5.41, 5.74) is 2.07. The van der Waals surface area contributed by atoms with Gasteiger partial charge in [-0.2, -0.15) is 4.98 Å². The van der Waals surface area contributed by atoms with E-state index in [9.17, 15) is 9.18 Å². The fourth-order valence-electron chi connectivity index (χ4n) is 3.47. The van der Waals surface area contributed by atoms with E-state index in [4.69, 9.17) is 11.6 Å². The largest absolute Gasteiger partial charge is 0.365 e. The maximum atomic E-state index is 13.4. The molecule has 1 aromatic heterocycles. The lowest BCUT2D eigenvalue weighted by molar-refractivity contribution is 0.0766. The van der Waals surface area contributed by atoms with Crippen molar-refractivity contribution in [1.29, 1.82) is 0 Å². The third-order valence-electron chi connectivity index (χ3n) is 5.09. The topological polar surface area (TPSA) is 82.2 Å². The lowest BCUT2D eigenvalue weighted by Gasteiger charge is -2.20. The molecule has 7 nitrogen and oxygen atoms in total. The summed E-state index contributed by atoms with van der Waals surface area (Å²) in [5, 5.41) is 9.89. The van der Waals surface area contributed by atoms with E-state index in [1.54, 1.807) is 18.2 Å². The van der Waals surface area contributed by atoms with E-state index in [1.807, 2.05) is 23.1 Å². The second kappa shape index (κ2) is 10.4. The van der Waals surface area contributed by atoms with Crippen LogP contribution in [0.5, 0.6) is 0 Å². The molecule has 1 fully saturated rings. The van der Waals surface area contributed by atoms with Crippen molar-refractivity contribution in [1.82, 2.24) is 20.2 Å². The summed E-state index contributed by atoms with van der Waals surface area (Å²) < 4.78 is 13.4. The molecule has 2 aromatic carbocycles. The highest BCUT2D eigenvalue weighted by molar-refractivity contribution is 6.32. The second-order valence-corrected chi connectivity index (χ2v) is 7.88. The number of carbonyl (C=O) groups is 1. The number of benzene rings is 2. The van der Waals surface area contributed by atoms with Gasteiger partial charge in [-0.15, -0.1) is 0 Å². The van der Waals surface area contributed by atoms with Crippen LogP contribution in [0.3, 0.4) is 0 Å². The molecule has 0 spiro atoms. The highest BCUT2D eigenvalue weighted by atomic mass is 35.5. The van der Waals surface area contributed by atoms with Gasteiger partial charge in [-0.1, -0.05) is 29.8 Å². The Morgan fingerprint density at radius 1 is 1.16 bits per heavy atom. The third-order valence-corrected chi connectivity index (χ3v) is 5.36. The van der Waals surface area contributed by atoms with Gasteiger partial charge >= 0.3 is 0 Å². The molecule has 0 radical (unpaired) electrons. The van der Waals surface area contributed by atoms with Crippen LogP contribution in [0.15, 0.2) is 54.7 Å². The number of hydrogen-bond acceptors (Lipinski definition) is 6. The Morgan fingerprint density at radius 3 is 2.91 bits per heavy atom. The summed E-state index contributed by atoms with van der Waals surface area (Å²) in [4.78, 5) is 23.4. The van der Waals surface area contributed by atoms with Gasteiger partial charge < -0.3 is 20.9 Å². The molecule has 0 atom stereocenters. The van der Waals surface area contributed by atoms with E-state index in [1.165, 1.54) is 18.3 Å².